The highest BCUT2D eigenvalue weighted by molar-refractivity contribution is 6.30. The SMILES string of the molecule is CN=Cc1n[nH]nc1-c1ccc(-c2ccc(Cl)cc2)nc1. The van der Waals surface area contributed by atoms with Crippen LogP contribution in [0.2, 0.25) is 5.02 Å². The largest absolute Gasteiger partial charge is 0.294 e. The molecule has 0 bridgehead atoms. The molecular weight excluding hydrogens is 286 g/mol. The first-order valence-corrected chi connectivity index (χ1v) is 6.71. The number of hydrogen-bond acceptors (Lipinski definition) is 4. The molecule has 0 aliphatic heterocycles. The van der Waals surface area contributed by atoms with E-state index in [2.05, 4.69) is 25.4 Å². The second kappa shape index (κ2) is 5.85. The Bertz CT molecular complexity index is 760. The van der Waals surface area contributed by atoms with Crippen molar-refractivity contribution in [2.75, 3.05) is 7.05 Å². The third-order valence-electron chi connectivity index (χ3n) is 3.00. The molecule has 0 atom stereocenters. The summed E-state index contributed by atoms with van der Waals surface area (Å²) in [5.41, 5.74) is 4.21. The van der Waals surface area contributed by atoms with Gasteiger partial charge in [-0.1, -0.05) is 23.7 Å². The summed E-state index contributed by atoms with van der Waals surface area (Å²) in [6.07, 6.45) is 3.43. The molecule has 0 aliphatic carbocycles. The van der Waals surface area contributed by atoms with Gasteiger partial charge < -0.3 is 0 Å². The smallest absolute Gasteiger partial charge is 0.131 e. The van der Waals surface area contributed by atoms with E-state index in [-0.39, 0.29) is 0 Å². The van der Waals surface area contributed by atoms with E-state index in [1.807, 2.05) is 36.4 Å². The molecule has 0 radical (unpaired) electrons. The fourth-order valence-electron chi connectivity index (χ4n) is 1.99. The maximum atomic E-state index is 5.89. The van der Waals surface area contributed by atoms with Gasteiger partial charge in [-0.3, -0.25) is 9.98 Å². The van der Waals surface area contributed by atoms with Crippen LogP contribution in [0.1, 0.15) is 5.69 Å². The molecule has 0 saturated carbocycles. The minimum absolute atomic E-state index is 0.693. The lowest BCUT2D eigenvalue weighted by Gasteiger charge is -2.02. The fraction of sp³-hybridized carbons (Fsp3) is 0.0667. The number of aliphatic imine (C=N–C) groups is 1. The highest BCUT2D eigenvalue weighted by Gasteiger charge is 2.09. The number of rotatable bonds is 3. The molecule has 1 aromatic carbocycles. The van der Waals surface area contributed by atoms with Gasteiger partial charge in [-0.25, -0.2) is 0 Å². The lowest BCUT2D eigenvalue weighted by molar-refractivity contribution is 0.939. The molecule has 1 N–H and O–H groups in total. The van der Waals surface area contributed by atoms with Gasteiger partial charge in [-0.2, -0.15) is 15.4 Å². The molecule has 2 heterocycles. The normalized spacial score (nSPS) is 11.1. The Morgan fingerprint density at radius 3 is 2.48 bits per heavy atom. The summed E-state index contributed by atoms with van der Waals surface area (Å²) >= 11 is 5.89. The first-order valence-electron chi connectivity index (χ1n) is 6.33. The molecule has 0 fully saturated rings. The second-order valence-electron chi connectivity index (χ2n) is 4.38. The Kier molecular flexibility index (Phi) is 3.75. The van der Waals surface area contributed by atoms with Crippen LogP contribution in [0.25, 0.3) is 22.5 Å². The van der Waals surface area contributed by atoms with Crippen molar-refractivity contribution in [2.24, 2.45) is 4.99 Å². The highest BCUT2D eigenvalue weighted by atomic mass is 35.5. The number of benzene rings is 1. The van der Waals surface area contributed by atoms with E-state index in [9.17, 15) is 0 Å². The maximum absolute atomic E-state index is 5.89. The first-order chi connectivity index (χ1) is 10.3. The number of H-pyrrole nitrogens is 1. The van der Waals surface area contributed by atoms with Crippen molar-refractivity contribution in [2.45, 2.75) is 0 Å². The Balaban J connectivity index is 1.93. The van der Waals surface area contributed by atoms with Crippen molar-refractivity contribution in [3.8, 4) is 22.5 Å². The van der Waals surface area contributed by atoms with Crippen LogP contribution in [-0.2, 0) is 0 Å². The van der Waals surface area contributed by atoms with E-state index in [1.54, 1.807) is 19.5 Å². The molecule has 3 aromatic rings. The van der Waals surface area contributed by atoms with Gasteiger partial charge in [0.05, 0.1) is 11.9 Å². The zero-order valence-electron chi connectivity index (χ0n) is 11.3. The van der Waals surface area contributed by atoms with Crippen LogP contribution < -0.4 is 0 Å². The molecular formula is C15H12ClN5. The minimum atomic E-state index is 0.693. The topological polar surface area (TPSA) is 66.8 Å². The molecule has 0 amide bonds. The molecule has 3 rings (SSSR count). The van der Waals surface area contributed by atoms with E-state index in [4.69, 9.17) is 11.6 Å². The van der Waals surface area contributed by atoms with Crippen LogP contribution in [0.15, 0.2) is 47.6 Å². The maximum Gasteiger partial charge on any atom is 0.131 e. The summed E-state index contributed by atoms with van der Waals surface area (Å²) < 4.78 is 0. The summed E-state index contributed by atoms with van der Waals surface area (Å²) in [6.45, 7) is 0. The number of aromatic amines is 1. The van der Waals surface area contributed by atoms with Gasteiger partial charge in [-0.15, -0.1) is 0 Å². The number of pyridine rings is 1. The Hall–Kier alpha value is -2.53. The van der Waals surface area contributed by atoms with Crippen LogP contribution in [0.4, 0.5) is 0 Å². The van der Waals surface area contributed by atoms with Gasteiger partial charge in [0.2, 0.25) is 0 Å². The number of nitrogens with zero attached hydrogens (tertiary/aromatic N) is 4. The summed E-state index contributed by atoms with van der Waals surface area (Å²) in [4.78, 5) is 8.42. The van der Waals surface area contributed by atoms with Gasteiger partial charge >= 0.3 is 0 Å². The monoisotopic (exact) mass is 297 g/mol. The molecule has 2 aromatic heterocycles. The third-order valence-corrected chi connectivity index (χ3v) is 3.26. The molecule has 21 heavy (non-hydrogen) atoms. The summed E-state index contributed by atoms with van der Waals surface area (Å²) in [6, 6.07) is 11.5. The fourth-order valence-corrected chi connectivity index (χ4v) is 2.12. The van der Waals surface area contributed by atoms with Gasteiger partial charge in [0.25, 0.3) is 0 Å². The molecule has 6 heteroatoms. The zero-order valence-corrected chi connectivity index (χ0v) is 12.0. The molecule has 0 saturated heterocycles. The molecule has 0 aliphatic rings. The van der Waals surface area contributed by atoms with E-state index < -0.39 is 0 Å². The van der Waals surface area contributed by atoms with E-state index >= 15 is 0 Å². The van der Waals surface area contributed by atoms with E-state index in [0.29, 0.717) is 10.7 Å². The molecule has 104 valence electrons. The van der Waals surface area contributed by atoms with E-state index in [1.165, 1.54) is 0 Å². The Morgan fingerprint density at radius 1 is 1.05 bits per heavy atom. The summed E-state index contributed by atoms with van der Waals surface area (Å²) in [7, 11) is 1.69. The van der Waals surface area contributed by atoms with Gasteiger partial charge in [0.1, 0.15) is 11.4 Å². The number of nitrogens with one attached hydrogen (secondary N) is 1. The van der Waals surface area contributed by atoms with Crippen LogP contribution in [0.5, 0.6) is 0 Å². The van der Waals surface area contributed by atoms with Crippen LogP contribution in [0, 0.1) is 0 Å². The van der Waals surface area contributed by atoms with Crippen molar-refractivity contribution < 1.29 is 0 Å². The zero-order chi connectivity index (χ0) is 14.7. The van der Waals surface area contributed by atoms with Gasteiger partial charge in [-0.05, 0) is 24.3 Å². The summed E-state index contributed by atoms with van der Waals surface area (Å²) in [5, 5.41) is 11.5. The van der Waals surface area contributed by atoms with Gasteiger partial charge in [0.15, 0.2) is 0 Å². The number of hydrogen-bond donors (Lipinski definition) is 1. The molecule has 0 unspecified atom stereocenters. The van der Waals surface area contributed by atoms with Crippen LogP contribution in [0.3, 0.4) is 0 Å². The van der Waals surface area contributed by atoms with Crippen LogP contribution >= 0.6 is 11.6 Å². The van der Waals surface area contributed by atoms with Crippen molar-refractivity contribution in [3.05, 3.63) is 53.3 Å². The standard InChI is InChI=1S/C15H12ClN5/c1-17-9-14-15(20-21-19-14)11-4-7-13(18-8-11)10-2-5-12(16)6-3-10/h2-9H,1H3,(H,19,20,21). The van der Waals surface area contributed by atoms with Crippen molar-refractivity contribution in [1.82, 2.24) is 20.4 Å². The number of halogens is 1. The Labute approximate surface area is 126 Å². The predicted molar refractivity (Wildman–Crippen MR) is 83.6 cm³/mol. The molecule has 0 spiro atoms. The number of aromatic nitrogens is 4. The first kappa shape index (κ1) is 13.5. The van der Waals surface area contributed by atoms with Crippen LogP contribution in [-0.4, -0.2) is 33.7 Å². The van der Waals surface area contributed by atoms with Crippen molar-refractivity contribution in [1.29, 1.82) is 0 Å². The minimum Gasteiger partial charge on any atom is -0.294 e. The van der Waals surface area contributed by atoms with E-state index in [0.717, 1.165) is 22.5 Å². The lowest BCUT2D eigenvalue weighted by Crippen LogP contribution is -1.89. The Morgan fingerprint density at radius 2 is 1.81 bits per heavy atom. The lowest BCUT2D eigenvalue weighted by atomic mass is 10.1. The summed E-state index contributed by atoms with van der Waals surface area (Å²) in [5.74, 6) is 0. The third kappa shape index (κ3) is 2.83. The highest BCUT2D eigenvalue weighted by Crippen LogP contribution is 2.23. The quantitative estimate of drug-likeness (QED) is 0.755. The average molecular weight is 298 g/mol. The molecule has 5 nitrogen and oxygen atoms in total. The predicted octanol–water partition coefficient (Wildman–Crippen LogP) is 3.24. The second-order valence-corrected chi connectivity index (χ2v) is 4.82. The average Bonchev–Trinajstić information content (AvgIpc) is 2.97. The van der Waals surface area contributed by atoms with Gasteiger partial charge in [0, 0.05) is 29.4 Å². The van der Waals surface area contributed by atoms with Crippen molar-refractivity contribution in [3.63, 3.8) is 0 Å². The van der Waals surface area contributed by atoms with Crippen molar-refractivity contribution >= 4 is 17.8 Å².